The molecule has 0 saturated heterocycles. The van der Waals surface area contributed by atoms with E-state index in [1.807, 2.05) is 0 Å². The smallest absolute Gasteiger partial charge is 0.306 e. The van der Waals surface area contributed by atoms with Gasteiger partial charge in [0.1, 0.15) is 6.61 Å². The Bertz CT molecular complexity index is 1470. The SMILES string of the molecule is CCCCCCC/C=C\C/C=C\CCCCCCCCCCCCCCCCCCCCCCCCCCCCCCCC(=O)OC(CO)COC(=O)CCCCCCCCCCCCCCCCCCCCCCCCCCC/C=C\CCCCCCCCCC. The van der Waals surface area contributed by atoms with E-state index in [4.69, 9.17) is 9.47 Å². The molecule has 1 N–H and O–H groups in total. The monoisotopic (exact) mass is 1290 g/mol. The van der Waals surface area contributed by atoms with Gasteiger partial charge in [-0.3, -0.25) is 9.59 Å². The predicted octanol–water partition coefficient (Wildman–Crippen LogP) is 30.0. The molecule has 0 aromatic heterocycles. The number of unbranched alkanes of at least 4 members (excludes halogenated alkanes) is 67. The maximum absolute atomic E-state index is 12.4. The molecule has 0 aliphatic rings. The Labute approximate surface area is 577 Å². The van der Waals surface area contributed by atoms with Gasteiger partial charge in [0.25, 0.3) is 0 Å². The zero-order valence-electron chi connectivity index (χ0n) is 62.9. The highest BCUT2D eigenvalue weighted by Crippen LogP contribution is 2.21. The predicted molar refractivity (Wildman–Crippen MR) is 408 cm³/mol. The fraction of sp³-hybridized carbons (Fsp3) is 0.908. The van der Waals surface area contributed by atoms with Crippen molar-refractivity contribution < 1.29 is 24.2 Å². The van der Waals surface area contributed by atoms with Crippen LogP contribution in [0.15, 0.2) is 36.5 Å². The van der Waals surface area contributed by atoms with Crippen LogP contribution in [0.2, 0.25) is 0 Å². The third-order valence-electron chi connectivity index (χ3n) is 19.9. The summed E-state index contributed by atoms with van der Waals surface area (Å²) in [6, 6.07) is 0. The highest BCUT2D eigenvalue weighted by Gasteiger charge is 2.16. The molecular weight excluding hydrogens is 1120 g/mol. The van der Waals surface area contributed by atoms with Crippen LogP contribution in [0.4, 0.5) is 0 Å². The van der Waals surface area contributed by atoms with Crippen LogP contribution in [-0.4, -0.2) is 36.4 Å². The lowest BCUT2D eigenvalue weighted by molar-refractivity contribution is -0.161. The molecular formula is C87H166O5. The molecule has 1 unspecified atom stereocenters. The zero-order chi connectivity index (χ0) is 66.1. The normalized spacial score (nSPS) is 12.2. The summed E-state index contributed by atoms with van der Waals surface area (Å²) >= 11 is 0. The van der Waals surface area contributed by atoms with E-state index in [1.165, 1.54) is 424 Å². The van der Waals surface area contributed by atoms with Gasteiger partial charge in [-0.2, -0.15) is 0 Å². The van der Waals surface area contributed by atoms with Gasteiger partial charge in [-0.05, 0) is 70.6 Å². The molecule has 0 aliphatic carbocycles. The van der Waals surface area contributed by atoms with Gasteiger partial charge in [0.2, 0.25) is 0 Å². The minimum atomic E-state index is -0.769. The van der Waals surface area contributed by atoms with Crippen molar-refractivity contribution >= 4 is 11.9 Å². The van der Waals surface area contributed by atoms with Crippen molar-refractivity contribution in [2.75, 3.05) is 13.2 Å². The third kappa shape index (κ3) is 80.6. The van der Waals surface area contributed by atoms with E-state index in [-0.39, 0.29) is 25.2 Å². The molecule has 0 bridgehead atoms. The van der Waals surface area contributed by atoms with Gasteiger partial charge in [-0.15, -0.1) is 0 Å². The Morgan fingerprint density at radius 2 is 0.435 bits per heavy atom. The molecule has 0 aromatic rings. The maximum atomic E-state index is 12.4. The second-order valence-electron chi connectivity index (χ2n) is 29.3. The van der Waals surface area contributed by atoms with Gasteiger partial charge in [-0.1, -0.05) is 442 Å². The van der Waals surface area contributed by atoms with E-state index in [2.05, 4.69) is 50.3 Å². The van der Waals surface area contributed by atoms with Gasteiger partial charge in [-0.25, -0.2) is 0 Å². The van der Waals surface area contributed by atoms with Gasteiger partial charge in [0.15, 0.2) is 6.10 Å². The first kappa shape index (κ1) is 90.1. The summed E-state index contributed by atoms with van der Waals surface area (Å²) in [6.45, 7) is 4.21. The first-order valence-corrected chi connectivity index (χ1v) is 42.5. The standard InChI is InChI=1S/C87H166O5/c1-3-5-7-9-11-13-15-17-19-21-23-25-27-29-31-33-35-37-39-41-42-43-44-46-48-50-52-54-56-58-60-62-64-66-68-70-72-74-76-78-80-82-87(90)92-85(83-88)84-91-86(89)81-79-77-75-73-71-69-67-65-63-61-59-57-55-53-51-49-47-45-40-38-36-34-32-30-28-26-24-22-20-18-16-14-12-10-8-6-4-2/h15,17,21-24,85,88H,3-14,16,18-20,25-84H2,1-2H3/b17-15-,23-21-,24-22-. The molecule has 1 atom stereocenters. The van der Waals surface area contributed by atoms with Crippen LogP contribution >= 0.6 is 0 Å². The summed E-state index contributed by atoms with van der Waals surface area (Å²) in [5.41, 5.74) is 0. The number of aliphatic hydroxyl groups is 1. The molecule has 0 fully saturated rings. The van der Waals surface area contributed by atoms with Crippen molar-refractivity contribution in [1.29, 1.82) is 0 Å². The van der Waals surface area contributed by atoms with Crippen LogP contribution in [0.1, 0.15) is 489 Å². The van der Waals surface area contributed by atoms with Crippen molar-refractivity contribution in [2.24, 2.45) is 0 Å². The van der Waals surface area contributed by atoms with Crippen molar-refractivity contribution in [3.8, 4) is 0 Å². The molecule has 92 heavy (non-hydrogen) atoms. The largest absolute Gasteiger partial charge is 0.462 e. The van der Waals surface area contributed by atoms with Crippen LogP contribution < -0.4 is 0 Å². The lowest BCUT2D eigenvalue weighted by Gasteiger charge is -2.15. The molecule has 0 aromatic carbocycles. The first-order chi connectivity index (χ1) is 45.6. The number of allylic oxidation sites excluding steroid dienone is 6. The Balaban J connectivity index is 3.34. The quantitative estimate of drug-likeness (QED) is 0.0373. The number of esters is 2. The summed E-state index contributed by atoms with van der Waals surface area (Å²) in [5.74, 6) is -0.559. The van der Waals surface area contributed by atoms with E-state index in [0.29, 0.717) is 12.8 Å². The van der Waals surface area contributed by atoms with E-state index in [1.54, 1.807) is 0 Å². The summed E-state index contributed by atoms with van der Waals surface area (Å²) in [5, 5.41) is 9.74. The molecule has 0 spiro atoms. The zero-order valence-corrected chi connectivity index (χ0v) is 62.9. The number of hydrogen-bond donors (Lipinski definition) is 1. The lowest BCUT2D eigenvalue weighted by Crippen LogP contribution is -2.28. The van der Waals surface area contributed by atoms with Crippen LogP contribution in [0, 0.1) is 0 Å². The fourth-order valence-corrected chi connectivity index (χ4v) is 13.5. The second kappa shape index (κ2) is 83.3. The average molecular weight is 1290 g/mol. The highest BCUT2D eigenvalue weighted by molar-refractivity contribution is 5.70. The van der Waals surface area contributed by atoms with Crippen LogP contribution in [0.25, 0.3) is 0 Å². The summed E-state index contributed by atoms with van der Waals surface area (Å²) in [6.07, 6.45) is 113. The molecule has 0 heterocycles. The summed E-state index contributed by atoms with van der Waals surface area (Å²) < 4.78 is 10.8. The fourth-order valence-electron chi connectivity index (χ4n) is 13.5. The van der Waals surface area contributed by atoms with Crippen LogP contribution in [-0.2, 0) is 19.1 Å². The summed E-state index contributed by atoms with van der Waals surface area (Å²) in [4.78, 5) is 24.7. The van der Waals surface area contributed by atoms with Crippen molar-refractivity contribution in [3.63, 3.8) is 0 Å². The van der Waals surface area contributed by atoms with Crippen LogP contribution in [0.5, 0.6) is 0 Å². The lowest BCUT2D eigenvalue weighted by atomic mass is 10.0. The molecule has 0 rings (SSSR count). The topological polar surface area (TPSA) is 72.8 Å². The number of aliphatic hydroxyl groups excluding tert-OH is 1. The summed E-state index contributed by atoms with van der Waals surface area (Å²) in [7, 11) is 0. The minimum absolute atomic E-state index is 0.0574. The van der Waals surface area contributed by atoms with Crippen molar-refractivity contribution in [1.82, 2.24) is 0 Å². The minimum Gasteiger partial charge on any atom is -0.462 e. The third-order valence-corrected chi connectivity index (χ3v) is 19.9. The van der Waals surface area contributed by atoms with E-state index in [0.717, 1.165) is 38.5 Å². The Morgan fingerprint density at radius 3 is 0.652 bits per heavy atom. The molecule has 0 aliphatic heterocycles. The molecule has 5 nitrogen and oxygen atoms in total. The van der Waals surface area contributed by atoms with E-state index in [9.17, 15) is 14.7 Å². The first-order valence-electron chi connectivity index (χ1n) is 42.5. The molecule has 5 heteroatoms. The van der Waals surface area contributed by atoms with Crippen LogP contribution in [0.3, 0.4) is 0 Å². The molecule has 0 saturated carbocycles. The Morgan fingerprint density at radius 1 is 0.250 bits per heavy atom. The van der Waals surface area contributed by atoms with E-state index >= 15 is 0 Å². The Hall–Kier alpha value is -1.88. The number of carbonyl (C=O) groups excluding carboxylic acids is 2. The number of rotatable bonds is 81. The molecule has 0 radical (unpaired) electrons. The molecule has 544 valence electrons. The van der Waals surface area contributed by atoms with E-state index < -0.39 is 6.10 Å². The van der Waals surface area contributed by atoms with Gasteiger partial charge < -0.3 is 14.6 Å². The van der Waals surface area contributed by atoms with Crippen molar-refractivity contribution in [3.05, 3.63) is 36.5 Å². The number of ether oxygens (including phenoxy) is 2. The maximum Gasteiger partial charge on any atom is 0.306 e. The van der Waals surface area contributed by atoms with Gasteiger partial charge in [0.05, 0.1) is 6.61 Å². The number of hydrogen-bond acceptors (Lipinski definition) is 5. The number of carbonyl (C=O) groups is 2. The van der Waals surface area contributed by atoms with Gasteiger partial charge >= 0.3 is 11.9 Å². The second-order valence-corrected chi connectivity index (χ2v) is 29.3. The molecule has 0 amide bonds. The van der Waals surface area contributed by atoms with Crippen molar-refractivity contribution in [2.45, 2.75) is 495 Å². The average Bonchev–Trinajstić information content (AvgIpc) is 3.64. The highest BCUT2D eigenvalue weighted by atomic mass is 16.6. The Kier molecular flexibility index (Phi) is 81.6. The van der Waals surface area contributed by atoms with Gasteiger partial charge in [0, 0.05) is 12.8 Å².